The van der Waals surface area contributed by atoms with Crippen molar-refractivity contribution in [2.24, 2.45) is 0 Å². The van der Waals surface area contributed by atoms with Gasteiger partial charge >= 0.3 is 0 Å². The Labute approximate surface area is 371 Å². The maximum absolute atomic E-state index is 7.01. The molecule has 3 heteroatoms. The Hall–Kier alpha value is -8.14. The molecule has 1 aliphatic carbocycles. The van der Waals surface area contributed by atoms with Gasteiger partial charge in [0.15, 0.2) is 0 Å². The van der Waals surface area contributed by atoms with E-state index in [4.69, 9.17) is 8.83 Å². The Balaban J connectivity index is 1.00. The van der Waals surface area contributed by atoms with Gasteiger partial charge in [0.2, 0.25) is 0 Å². The fourth-order valence-electron chi connectivity index (χ4n) is 10.5. The van der Waals surface area contributed by atoms with Crippen molar-refractivity contribution < 1.29 is 8.83 Å². The van der Waals surface area contributed by atoms with E-state index in [-0.39, 0.29) is 5.41 Å². The first-order chi connectivity index (χ1) is 31.5. The van der Waals surface area contributed by atoms with Gasteiger partial charge < -0.3 is 13.7 Å². The molecule has 302 valence electrons. The van der Waals surface area contributed by atoms with Crippen LogP contribution in [-0.2, 0) is 5.41 Å². The second-order valence-corrected chi connectivity index (χ2v) is 17.6. The van der Waals surface area contributed by atoms with Crippen molar-refractivity contribution in [1.29, 1.82) is 0 Å². The Bertz CT molecular complexity index is 3800. The molecule has 2 aromatic heterocycles. The monoisotopic (exact) mass is 819 g/mol. The lowest BCUT2D eigenvalue weighted by molar-refractivity contribution is 0.660. The summed E-state index contributed by atoms with van der Waals surface area (Å²) >= 11 is 0. The summed E-state index contributed by atoms with van der Waals surface area (Å²) in [6, 6.07) is 76.7. The zero-order chi connectivity index (χ0) is 42.5. The Morgan fingerprint density at radius 2 is 0.953 bits per heavy atom. The minimum atomic E-state index is -0.132. The quantitative estimate of drug-likeness (QED) is 0.167. The third-order valence-electron chi connectivity index (χ3n) is 13.7. The second-order valence-electron chi connectivity index (χ2n) is 17.6. The smallest absolute Gasteiger partial charge is 0.143 e. The molecule has 0 saturated carbocycles. The van der Waals surface area contributed by atoms with Gasteiger partial charge in [-0.25, -0.2) is 0 Å². The van der Waals surface area contributed by atoms with E-state index in [1.54, 1.807) is 0 Å². The minimum absolute atomic E-state index is 0.132. The maximum atomic E-state index is 7.01. The number of anilines is 3. The highest BCUT2D eigenvalue weighted by molar-refractivity contribution is 6.27. The summed E-state index contributed by atoms with van der Waals surface area (Å²) in [6.07, 6.45) is 0. The number of para-hydroxylation sites is 1. The number of furan rings is 2. The Morgan fingerprint density at radius 3 is 1.77 bits per heavy atom. The highest BCUT2D eigenvalue weighted by Crippen LogP contribution is 2.51. The first-order valence-corrected chi connectivity index (χ1v) is 22.1. The van der Waals surface area contributed by atoms with E-state index < -0.39 is 0 Å². The summed E-state index contributed by atoms with van der Waals surface area (Å²) in [6.45, 7) is 4.70. The fourth-order valence-corrected chi connectivity index (χ4v) is 10.5. The molecule has 0 saturated heterocycles. The summed E-state index contributed by atoms with van der Waals surface area (Å²) in [5, 5.41) is 6.73. The van der Waals surface area contributed by atoms with Crippen molar-refractivity contribution in [2.45, 2.75) is 19.3 Å². The maximum Gasteiger partial charge on any atom is 0.143 e. The van der Waals surface area contributed by atoms with E-state index in [2.05, 4.69) is 213 Å². The van der Waals surface area contributed by atoms with Gasteiger partial charge in [-0.05, 0) is 128 Å². The minimum Gasteiger partial charge on any atom is -0.456 e. The normalized spacial score (nSPS) is 13.0. The van der Waals surface area contributed by atoms with Gasteiger partial charge in [0.1, 0.15) is 22.3 Å². The predicted molar refractivity (Wildman–Crippen MR) is 267 cm³/mol. The Morgan fingerprint density at radius 1 is 0.359 bits per heavy atom. The zero-order valence-electron chi connectivity index (χ0n) is 35.5. The number of hydrogen-bond donors (Lipinski definition) is 0. The van der Waals surface area contributed by atoms with E-state index in [1.165, 1.54) is 44.2 Å². The van der Waals surface area contributed by atoms with Gasteiger partial charge in [-0.1, -0.05) is 159 Å². The lowest BCUT2D eigenvalue weighted by Crippen LogP contribution is -2.16. The summed E-state index contributed by atoms with van der Waals surface area (Å²) in [7, 11) is 0. The van der Waals surface area contributed by atoms with Crippen LogP contribution in [0.5, 0.6) is 0 Å². The Kier molecular flexibility index (Phi) is 7.95. The first-order valence-electron chi connectivity index (χ1n) is 22.1. The molecular formula is C61H41NO2. The molecule has 0 amide bonds. The number of benzene rings is 10. The lowest BCUT2D eigenvalue weighted by Gasteiger charge is -2.28. The number of nitrogens with zero attached hydrogens (tertiary/aromatic N) is 1. The van der Waals surface area contributed by atoms with E-state index in [9.17, 15) is 0 Å². The largest absolute Gasteiger partial charge is 0.456 e. The van der Waals surface area contributed by atoms with Crippen LogP contribution in [-0.4, -0.2) is 0 Å². The van der Waals surface area contributed by atoms with Gasteiger partial charge in [-0.3, -0.25) is 0 Å². The standard InChI is InChI=1S/C61H41NO2/c1-61(2)52-18-10-8-16-48(52)49-31-30-46(37-53(49)61)62(44-26-22-40(23-27-44)38-12-4-3-5-13-38)45-28-24-41(25-29-45)57-47(43-21-20-39-14-6-7-15-42(39)36-43)32-33-51-59-56(64-60(51)57)35-34-55-58(59)50-17-9-11-19-54(50)63-55/h3-37H,1-2H3. The van der Waals surface area contributed by atoms with Crippen molar-refractivity contribution in [3.05, 3.63) is 223 Å². The SMILES string of the molecule is CC1(C)c2ccccc2-c2ccc(N(c3ccc(-c4ccccc4)cc3)c3ccc(-c4c(-c5ccc6ccccc6c5)ccc5c4oc4ccc6oc7ccccc7c6c45)cc3)cc21. The molecule has 13 rings (SSSR count). The van der Waals surface area contributed by atoms with Crippen LogP contribution in [0.25, 0.3) is 99.2 Å². The molecular weight excluding hydrogens is 779 g/mol. The van der Waals surface area contributed by atoms with Crippen LogP contribution in [0.2, 0.25) is 0 Å². The zero-order valence-corrected chi connectivity index (χ0v) is 35.5. The average molecular weight is 820 g/mol. The molecule has 0 N–H and O–H groups in total. The topological polar surface area (TPSA) is 29.5 Å². The highest BCUT2D eigenvalue weighted by Gasteiger charge is 2.36. The van der Waals surface area contributed by atoms with Crippen molar-refractivity contribution in [1.82, 2.24) is 0 Å². The summed E-state index contributed by atoms with van der Waals surface area (Å²) < 4.78 is 13.4. The molecule has 0 aliphatic heterocycles. The van der Waals surface area contributed by atoms with Crippen LogP contribution in [0.4, 0.5) is 17.1 Å². The predicted octanol–water partition coefficient (Wildman–Crippen LogP) is 17.4. The van der Waals surface area contributed by atoms with Crippen molar-refractivity contribution >= 4 is 71.7 Å². The fraction of sp³-hybridized carbons (Fsp3) is 0.0492. The third kappa shape index (κ3) is 5.54. The molecule has 0 unspecified atom stereocenters. The molecule has 3 nitrogen and oxygen atoms in total. The van der Waals surface area contributed by atoms with Gasteiger partial charge in [0.25, 0.3) is 0 Å². The molecule has 0 spiro atoms. The van der Waals surface area contributed by atoms with Gasteiger partial charge in [-0.15, -0.1) is 0 Å². The molecule has 2 heterocycles. The first kappa shape index (κ1) is 36.5. The molecule has 0 fully saturated rings. The van der Waals surface area contributed by atoms with E-state index in [0.717, 1.165) is 83.2 Å². The van der Waals surface area contributed by atoms with Crippen LogP contribution in [0.3, 0.4) is 0 Å². The van der Waals surface area contributed by atoms with Crippen molar-refractivity contribution in [3.8, 4) is 44.5 Å². The molecule has 1 aliphatic rings. The van der Waals surface area contributed by atoms with Crippen LogP contribution < -0.4 is 4.90 Å². The van der Waals surface area contributed by atoms with E-state index in [1.807, 2.05) is 18.2 Å². The molecule has 10 aromatic carbocycles. The summed E-state index contributed by atoms with van der Waals surface area (Å²) in [5.74, 6) is 0. The van der Waals surface area contributed by atoms with Gasteiger partial charge in [0.05, 0.1) is 0 Å². The van der Waals surface area contributed by atoms with Crippen LogP contribution in [0, 0.1) is 0 Å². The number of hydrogen-bond acceptors (Lipinski definition) is 3. The molecule has 0 atom stereocenters. The molecule has 0 radical (unpaired) electrons. The highest BCUT2D eigenvalue weighted by atomic mass is 16.3. The molecule has 64 heavy (non-hydrogen) atoms. The van der Waals surface area contributed by atoms with Crippen molar-refractivity contribution in [2.75, 3.05) is 4.90 Å². The van der Waals surface area contributed by atoms with E-state index >= 15 is 0 Å². The summed E-state index contributed by atoms with van der Waals surface area (Å²) in [5.41, 5.74) is 18.7. The van der Waals surface area contributed by atoms with Gasteiger partial charge in [-0.2, -0.15) is 0 Å². The summed E-state index contributed by atoms with van der Waals surface area (Å²) in [4.78, 5) is 2.39. The number of fused-ring (bicyclic) bond motifs is 11. The van der Waals surface area contributed by atoms with Crippen molar-refractivity contribution in [3.63, 3.8) is 0 Å². The number of rotatable bonds is 6. The third-order valence-corrected chi connectivity index (χ3v) is 13.7. The molecule has 12 aromatic rings. The van der Waals surface area contributed by atoms with Crippen LogP contribution >= 0.6 is 0 Å². The second kappa shape index (κ2) is 13.9. The average Bonchev–Trinajstić information content (AvgIpc) is 3.99. The lowest BCUT2D eigenvalue weighted by atomic mass is 9.82. The van der Waals surface area contributed by atoms with Gasteiger partial charge in [0, 0.05) is 49.6 Å². The van der Waals surface area contributed by atoms with E-state index in [0.29, 0.717) is 0 Å². The van der Waals surface area contributed by atoms with Crippen LogP contribution in [0.1, 0.15) is 25.0 Å². The van der Waals surface area contributed by atoms with Crippen LogP contribution in [0.15, 0.2) is 221 Å². The molecule has 0 bridgehead atoms.